The van der Waals surface area contributed by atoms with Crippen molar-refractivity contribution < 1.29 is 30.0 Å². The number of hydrogen-bond donors (Lipinski definition) is 6. The predicted octanol–water partition coefficient (Wildman–Crippen LogP) is 3.72. The molecule has 2 aliphatic carbocycles. The van der Waals surface area contributed by atoms with Crippen LogP contribution in [0.25, 0.3) is 0 Å². The Kier molecular flexibility index (Phi) is 9.92. The summed E-state index contributed by atoms with van der Waals surface area (Å²) in [6.45, 7) is 17.1. The van der Waals surface area contributed by atoms with E-state index in [4.69, 9.17) is 4.74 Å². The van der Waals surface area contributed by atoms with Gasteiger partial charge in [0.15, 0.2) is 0 Å². The molecule has 6 N–H and O–H groups in total. The summed E-state index contributed by atoms with van der Waals surface area (Å²) < 4.78 is 6.03. The number of esters is 1. The van der Waals surface area contributed by atoms with Gasteiger partial charge in [-0.1, -0.05) is 22.6 Å². The van der Waals surface area contributed by atoms with Gasteiger partial charge in [-0.3, -0.25) is 15.4 Å². The Morgan fingerprint density at radius 1 is 0.744 bits per heavy atom. The Morgan fingerprint density at radius 3 is 1.38 bits per heavy atom. The summed E-state index contributed by atoms with van der Waals surface area (Å²) in [5, 5.41) is 50.9. The first-order chi connectivity index (χ1) is 17.6. The Hall–Kier alpha value is -0.0400. The minimum atomic E-state index is -0.995. The second kappa shape index (κ2) is 11.6. The predicted molar refractivity (Wildman–Crippen MR) is 161 cm³/mol. The lowest BCUT2D eigenvalue weighted by Crippen LogP contribution is -2.74. The molecule has 1 heterocycles. The van der Waals surface area contributed by atoms with Crippen LogP contribution in [0.3, 0.4) is 0 Å². The van der Waals surface area contributed by atoms with E-state index < -0.39 is 32.0 Å². The Morgan fingerprint density at radius 2 is 1.10 bits per heavy atom. The van der Waals surface area contributed by atoms with Crippen molar-refractivity contribution in [3.05, 3.63) is 0 Å². The number of ether oxygens (including phenoxy) is 1. The maximum Gasteiger partial charge on any atom is 0.322 e. The molecule has 0 amide bonds. The summed E-state index contributed by atoms with van der Waals surface area (Å²) >= 11 is 2.15. The molecule has 0 bridgehead atoms. The molecule has 0 aromatic rings. The molecule has 1 saturated heterocycles. The lowest BCUT2D eigenvalue weighted by atomic mass is 9.58. The van der Waals surface area contributed by atoms with Crippen LogP contribution in [0.1, 0.15) is 101 Å². The van der Waals surface area contributed by atoms with Gasteiger partial charge < -0.3 is 25.2 Å². The fourth-order valence-corrected chi connectivity index (χ4v) is 8.40. The molecule has 2 saturated carbocycles. The van der Waals surface area contributed by atoms with E-state index in [2.05, 4.69) is 33.2 Å². The van der Waals surface area contributed by atoms with Gasteiger partial charge >= 0.3 is 5.97 Å². The number of rotatable bonds is 9. The van der Waals surface area contributed by atoms with Crippen molar-refractivity contribution in [2.24, 2.45) is 35.5 Å². The number of aliphatic hydroxyl groups is 4. The number of halogens is 1. The summed E-state index contributed by atoms with van der Waals surface area (Å²) in [5.74, 6) is -0.671. The zero-order valence-electron chi connectivity index (χ0n) is 25.6. The second-order valence-electron chi connectivity index (χ2n) is 15.2. The Bertz CT molecular complexity index is 801. The maximum absolute atomic E-state index is 13.6. The highest BCUT2D eigenvalue weighted by atomic mass is 127. The molecule has 0 aromatic carbocycles. The standard InChI is InChI=1S/C30H55IN2O6/c1-26(2,35)19-12-10-17(14-21(19)28(5,6)37)23(39-25(34)24(31)30(9)32-16-33-30)18-11-13-20(27(3,4)36)22(15-18)29(7,8)38/h17-24,32-33,35-38H,10-16H2,1-9H3. The van der Waals surface area contributed by atoms with Gasteiger partial charge in [0.25, 0.3) is 0 Å². The number of nitrogens with one attached hydrogen (secondary N) is 2. The first-order valence-corrected chi connectivity index (χ1v) is 16.0. The molecule has 9 heteroatoms. The Labute approximate surface area is 249 Å². The van der Waals surface area contributed by atoms with Gasteiger partial charge in [-0.15, -0.1) is 0 Å². The molecule has 0 aromatic heterocycles. The van der Waals surface area contributed by atoms with Crippen LogP contribution in [0, 0.1) is 35.5 Å². The van der Waals surface area contributed by atoms with E-state index in [-0.39, 0.29) is 47.6 Å². The van der Waals surface area contributed by atoms with Crippen LogP contribution in [0.15, 0.2) is 0 Å². The largest absolute Gasteiger partial charge is 0.461 e. The van der Waals surface area contributed by atoms with Crippen molar-refractivity contribution in [1.29, 1.82) is 0 Å². The van der Waals surface area contributed by atoms with E-state index in [1.165, 1.54) is 0 Å². The van der Waals surface area contributed by atoms with E-state index in [0.717, 1.165) is 25.7 Å². The zero-order valence-corrected chi connectivity index (χ0v) is 27.7. The monoisotopic (exact) mass is 666 g/mol. The molecule has 7 atom stereocenters. The summed E-state index contributed by atoms with van der Waals surface area (Å²) in [7, 11) is 0. The van der Waals surface area contributed by atoms with Crippen molar-refractivity contribution in [2.45, 2.75) is 139 Å². The first-order valence-electron chi connectivity index (χ1n) is 14.8. The molecule has 1 aliphatic heterocycles. The van der Waals surface area contributed by atoms with E-state index >= 15 is 0 Å². The molecule has 0 radical (unpaired) electrons. The van der Waals surface area contributed by atoms with Crippen LogP contribution in [-0.2, 0) is 9.53 Å². The van der Waals surface area contributed by atoms with E-state index in [0.29, 0.717) is 19.5 Å². The van der Waals surface area contributed by atoms with Crippen molar-refractivity contribution in [2.75, 3.05) is 6.67 Å². The van der Waals surface area contributed by atoms with Crippen LogP contribution in [0.4, 0.5) is 0 Å². The van der Waals surface area contributed by atoms with Gasteiger partial charge in [0, 0.05) is 6.67 Å². The average molecular weight is 667 g/mol. The number of alkyl halides is 1. The third kappa shape index (κ3) is 7.68. The highest BCUT2D eigenvalue weighted by Crippen LogP contribution is 2.51. The molecule has 39 heavy (non-hydrogen) atoms. The summed E-state index contributed by atoms with van der Waals surface area (Å²) in [4.78, 5) is 13.6. The number of carbonyl (C=O) groups excluding carboxylic acids is 1. The zero-order chi connectivity index (χ0) is 29.8. The first kappa shape index (κ1) is 33.5. The molecule has 7 unspecified atom stereocenters. The van der Waals surface area contributed by atoms with E-state index in [1.54, 1.807) is 0 Å². The van der Waals surface area contributed by atoms with Crippen LogP contribution in [0.2, 0.25) is 0 Å². The van der Waals surface area contributed by atoms with Gasteiger partial charge in [0.05, 0.1) is 28.1 Å². The Balaban J connectivity index is 1.93. The normalized spacial score (nSPS) is 34.1. The van der Waals surface area contributed by atoms with Crippen LogP contribution >= 0.6 is 22.6 Å². The van der Waals surface area contributed by atoms with E-state index in [1.807, 2.05) is 62.3 Å². The quantitative estimate of drug-likeness (QED) is 0.125. The van der Waals surface area contributed by atoms with Gasteiger partial charge in [0.1, 0.15) is 10.0 Å². The molecule has 3 aliphatic rings. The van der Waals surface area contributed by atoms with Crippen molar-refractivity contribution >= 4 is 28.6 Å². The third-order valence-corrected chi connectivity index (χ3v) is 12.0. The molecular formula is C30H55IN2O6. The van der Waals surface area contributed by atoms with Crippen LogP contribution < -0.4 is 10.6 Å². The highest BCUT2D eigenvalue weighted by Gasteiger charge is 2.52. The van der Waals surface area contributed by atoms with Crippen molar-refractivity contribution in [1.82, 2.24) is 10.6 Å². The number of hydrogen-bond acceptors (Lipinski definition) is 8. The molecular weight excluding hydrogens is 611 g/mol. The lowest BCUT2D eigenvalue weighted by molar-refractivity contribution is -0.171. The van der Waals surface area contributed by atoms with Crippen molar-refractivity contribution in [3.8, 4) is 0 Å². The third-order valence-electron chi connectivity index (χ3n) is 10.2. The molecule has 8 nitrogen and oxygen atoms in total. The SMILES string of the molecule is CC(C)(O)C1CCC(C(OC(=O)C(I)C2(C)NCN2)C2CCC(C(C)(C)O)C(C(C)(C)O)C2)CC1C(C)(C)O. The number of carbonyl (C=O) groups is 1. The van der Waals surface area contributed by atoms with Crippen molar-refractivity contribution in [3.63, 3.8) is 0 Å². The topological polar surface area (TPSA) is 131 Å². The average Bonchev–Trinajstić information content (AvgIpc) is 2.77. The highest BCUT2D eigenvalue weighted by molar-refractivity contribution is 14.1. The summed E-state index contributed by atoms with van der Waals surface area (Å²) in [6.07, 6.45) is 3.97. The minimum Gasteiger partial charge on any atom is -0.461 e. The van der Waals surface area contributed by atoms with Gasteiger partial charge in [-0.2, -0.15) is 0 Å². The van der Waals surface area contributed by atoms with Gasteiger partial charge in [-0.25, -0.2) is 0 Å². The molecule has 3 fully saturated rings. The smallest absolute Gasteiger partial charge is 0.322 e. The van der Waals surface area contributed by atoms with Crippen LogP contribution in [-0.4, -0.2) is 71.2 Å². The fraction of sp³-hybridized carbons (Fsp3) is 0.967. The molecule has 228 valence electrons. The minimum absolute atomic E-state index is 0.0221. The van der Waals surface area contributed by atoms with Gasteiger partial charge in [-0.05, 0) is 136 Å². The van der Waals surface area contributed by atoms with Gasteiger partial charge in [0.2, 0.25) is 0 Å². The summed E-state index contributed by atoms with van der Waals surface area (Å²) in [5.41, 5.74) is -4.37. The van der Waals surface area contributed by atoms with E-state index in [9.17, 15) is 25.2 Å². The molecule has 0 spiro atoms. The summed E-state index contributed by atoms with van der Waals surface area (Å²) in [6, 6.07) is 0. The fourth-order valence-electron chi connectivity index (χ4n) is 7.81. The van der Waals surface area contributed by atoms with Crippen LogP contribution in [0.5, 0.6) is 0 Å². The maximum atomic E-state index is 13.6. The second-order valence-corrected chi connectivity index (χ2v) is 16.4. The molecule has 3 rings (SSSR count). The lowest BCUT2D eigenvalue weighted by Gasteiger charge is -2.52.